The van der Waals surface area contributed by atoms with Gasteiger partial charge in [-0.2, -0.15) is 0 Å². The first-order chi connectivity index (χ1) is 9.36. The maximum atomic E-state index is 11.7. The molecule has 0 fully saturated rings. The van der Waals surface area contributed by atoms with Gasteiger partial charge >= 0.3 is 5.97 Å². The molecule has 1 unspecified atom stereocenters. The number of ether oxygens (including phenoxy) is 1. The molecule has 0 bridgehead atoms. The number of hydrogen-bond acceptors (Lipinski definition) is 6. The zero-order valence-electron chi connectivity index (χ0n) is 10.5. The molecule has 0 aliphatic carbocycles. The molecule has 0 saturated carbocycles. The predicted octanol–water partition coefficient (Wildman–Crippen LogP) is 1.08. The monoisotopic (exact) mass is 301 g/mol. The number of nitrogens with one attached hydrogen (secondary N) is 1. The van der Waals surface area contributed by atoms with Gasteiger partial charge in [-0.1, -0.05) is 11.6 Å². The molecule has 20 heavy (non-hydrogen) atoms. The average Bonchev–Trinajstić information content (AvgIpc) is 2.39. The molecule has 108 valence electrons. The van der Waals surface area contributed by atoms with Gasteiger partial charge in [-0.15, -0.1) is 0 Å². The number of benzene rings is 1. The molecule has 0 saturated heterocycles. The molecule has 0 aliphatic heterocycles. The first kappa shape index (κ1) is 15.9. The van der Waals surface area contributed by atoms with Crippen molar-refractivity contribution < 1.29 is 19.2 Å². The third-order valence-corrected chi connectivity index (χ3v) is 2.47. The lowest BCUT2D eigenvalue weighted by atomic mass is 10.2. The van der Waals surface area contributed by atoms with Crippen LogP contribution in [0.25, 0.3) is 0 Å². The van der Waals surface area contributed by atoms with Crippen molar-refractivity contribution in [3.63, 3.8) is 0 Å². The van der Waals surface area contributed by atoms with Gasteiger partial charge in [0.1, 0.15) is 5.69 Å². The number of nitro groups is 1. The standard InChI is InChI=1S/C11H12ClN3O5/c1-2-20-11(17)9(13)10(16)14-7-4-3-6(12)5-8(7)15(18)19/h3-5,9H,2,13H2,1H3,(H,14,16). The lowest BCUT2D eigenvalue weighted by molar-refractivity contribution is -0.383. The minimum atomic E-state index is -1.56. The van der Waals surface area contributed by atoms with Crippen LogP contribution in [0.4, 0.5) is 11.4 Å². The lowest BCUT2D eigenvalue weighted by Crippen LogP contribution is -2.43. The molecule has 1 aromatic rings. The zero-order valence-corrected chi connectivity index (χ0v) is 11.2. The highest BCUT2D eigenvalue weighted by Gasteiger charge is 2.25. The van der Waals surface area contributed by atoms with Crippen molar-refractivity contribution in [2.45, 2.75) is 13.0 Å². The Labute approximate surface area is 119 Å². The van der Waals surface area contributed by atoms with Crippen LogP contribution in [0.5, 0.6) is 0 Å². The van der Waals surface area contributed by atoms with Crippen LogP contribution in [0.1, 0.15) is 6.92 Å². The topological polar surface area (TPSA) is 125 Å². The Morgan fingerprint density at radius 1 is 1.55 bits per heavy atom. The van der Waals surface area contributed by atoms with Crippen molar-refractivity contribution in [1.82, 2.24) is 0 Å². The summed E-state index contributed by atoms with van der Waals surface area (Å²) in [4.78, 5) is 33.1. The van der Waals surface area contributed by atoms with Gasteiger partial charge in [-0.25, -0.2) is 4.79 Å². The maximum absolute atomic E-state index is 11.7. The van der Waals surface area contributed by atoms with Gasteiger partial charge < -0.3 is 15.8 Å². The fourth-order valence-corrected chi connectivity index (χ4v) is 1.48. The van der Waals surface area contributed by atoms with E-state index in [1.54, 1.807) is 6.92 Å². The van der Waals surface area contributed by atoms with Crippen LogP contribution < -0.4 is 11.1 Å². The third-order valence-electron chi connectivity index (χ3n) is 2.24. The van der Waals surface area contributed by atoms with E-state index in [4.69, 9.17) is 17.3 Å². The molecule has 9 heteroatoms. The van der Waals surface area contributed by atoms with E-state index in [1.807, 2.05) is 0 Å². The Bertz CT molecular complexity index is 549. The van der Waals surface area contributed by atoms with Gasteiger partial charge in [-0.05, 0) is 19.1 Å². The summed E-state index contributed by atoms with van der Waals surface area (Å²) < 4.78 is 4.58. The van der Waals surface area contributed by atoms with Crippen LogP contribution in [0.2, 0.25) is 5.02 Å². The van der Waals surface area contributed by atoms with Crippen LogP contribution in [0.15, 0.2) is 18.2 Å². The van der Waals surface area contributed by atoms with Crippen LogP contribution in [0, 0.1) is 10.1 Å². The number of carbonyl (C=O) groups is 2. The van der Waals surface area contributed by atoms with Gasteiger partial charge in [0, 0.05) is 11.1 Å². The third kappa shape index (κ3) is 3.90. The highest BCUT2D eigenvalue weighted by atomic mass is 35.5. The summed E-state index contributed by atoms with van der Waals surface area (Å²) in [6, 6.07) is 2.12. The first-order valence-corrected chi connectivity index (χ1v) is 5.91. The number of rotatable bonds is 5. The van der Waals surface area contributed by atoms with Crippen molar-refractivity contribution in [1.29, 1.82) is 0 Å². The van der Waals surface area contributed by atoms with Crippen molar-refractivity contribution in [2.24, 2.45) is 5.73 Å². The minimum absolute atomic E-state index is 0.0703. The lowest BCUT2D eigenvalue weighted by Gasteiger charge is -2.11. The molecular formula is C11H12ClN3O5. The largest absolute Gasteiger partial charge is 0.464 e. The summed E-state index contributed by atoms with van der Waals surface area (Å²) in [7, 11) is 0. The van der Waals surface area contributed by atoms with Crippen molar-refractivity contribution in [2.75, 3.05) is 11.9 Å². The molecule has 0 aromatic heterocycles. The minimum Gasteiger partial charge on any atom is -0.464 e. The molecule has 0 spiro atoms. The molecule has 1 amide bonds. The van der Waals surface area contributed by atoms with Crippen LogP contribution in [0.3, 0.4) is 0 Å². The average molecular weight is 302 g/mol. The Morgan fingerprint density at radius 2 is 2.20 bits per heavy atom. The molecule has 0 heterocycles. The Kier molecular flexibility index (Phi) is 5.42. The zero-order chi connectivity index (χ0) is 15.3. The molecular weight excluding hydrogens is 290 g/mol. The molecule has 1 atom stereocenters. The Balaban J connectivity index is 2.91. The maximum Gasteiger partial charge on any atom is 0.332 e. The molecule has 0 aliphatic rings. The second kappa shape index (κ2) is 6.83. The summed E-state index contributed by atoms with van der Waals surface area (Å²) in [6.07, 6.45) is 0. The smallest absolute Gasteiger partial charge is 0.332 e. The normalized spacial score (nSPS) is 11.6. The van der Waals surface area contributed by atoms with E-state index in [0.717, 1.165) is 6.07 Å². The number of nitrogens with two attached hydrogens (primary N) is 1. The summed E-state index contributed by atoms with van der Waals surface area (Å²) in [5.74, 6) is -1.82. The summed E-state index contributed by atoms with van der Waals surface area (Å²) in [6.45, 7) is 1.63. The van der Waals surface area contributed by atoms with Crippen LogP contribution in [-0.4, -0.2) is 29.4 Å². The summed E-state index contributed by atoms with van der Waals surface area (Å²) in [5.41, 5.74) is 4.86. The summed E-state index contributed by atoms with van der Waals surface area (Å²) >= 11 is 5.64. The van der Waals surface area contributed by atoms with Crippen molar-refractivity contribution in [3.8, 4) is 0 Å². The number of hydrogen-bond donors (Lipinski definition) is 2. The van der Waals surface area contributed by atoms with E-state index in [9.17, 15) is 19.7 Å². The van der Waals surface area contributed by atoms with E-state index in [2.05, 4.69) is 10.1 Å². The molecule has 3 N–H and O–H groups in total. The van der Waals surface area contributed by atoms with E-state index in [-0.39, 0.29) is 17.3 Å². The molecule has 0 radical (unpaired) electrons. The number of amides is 1. The second-order valence-electron chi connectivity index (χ2n) is 3.64. The van der Waals surface area contributed by atoms with E-state index in [0.29, 0.717) is 0 Å². The van der Waals surface area contributed by atoms with Crippen molar-refractivity contribution >= 4 is 34.9 Å². The van der Waals surface area contributed by atoms with Gasteiger partial charge in [0.15, 0.2) is 6.04 Å². The van der Waals surface area contributed by atoms with Crippen LogP contribution >= 0.6 is 11.6 Å². The van der Waals surface area contributed by atoms with Crippen molar-refractivity contribution in [3.05, 3.63) is 33.3 Å². The second-order valence-corrected chi connectivity index (χ2v) is 4.07. The highest BCUT2D eigenvalue weighted by Crippen LogP contribution is 2.27. The fourth-order valence-electron chi connectivity index (χ4n) is 1.31. The summed E-state index contributed by atoms with van der Waals surface area (Å²) in [5, 5.41) is 13.2. The first-order valence-electron chi connectivity index (χ1n) is 5.53. The predicted molar refractivity (Wildman–Crippen MR) is 71.3 cm³/mol. The quantitative estimate of drug-likeness (QED) is 0.363. The molecule has 8 nitrogen and oxygen atoms in total. The van der Waals surface area contributed by atoms with Gasteiger partial charge in [0.2, 0.25) is 0 Å². The number of nitro benzene ring substituents is 1. The van der Waals surface area contributed by atoms with Gasteiger partial charge in [0.05, 0.1) is 11.5 Å². The number of nitrogens with zero attached hydrogens (tertiary/aromatic N) is 1. The number of esters is 1. The fraction of sp³-hybridized carbons (Fsp3) is 0.273. The van der Waals surface area contributed by atoms with E-state index in [1.165, 1.54) is 12.1 Å². The Morgan fingerprint density at radius 3 is 2.75 bits per heavy atom. The Hall–Kier alpha value is -2.19. The molecule has 1 aromatic carbocycles. The van der Waals surface area contributed by atoms with Gasteiger partial charge in [-0.3, -0.25) is 14.9 Å². The number of halogens is 1. The van der Waals surface area contributed by atoms with E-state index < -0.39 is 28.5 Å². The number of carbonyl (C=O) groups excluding carboxylic acids is 2. The highest BCUT2D eigenvalue weighted by molar-refractivity contribution is 6.31. The van der Waals surface area contributed by atoms with E-state index >= 15 is 0 Å². The number of anilines is 1. The SMILES string of the molecule is CCOC(=O)C(N)C(=O)Nc1ccc(Cl)cc1[N+](=O)[O-]. The van der Waals surface area contributed by atoms with Gasteiger partial charge in [0.25, 0.3) is 11.6 Å². The molecule has 1 rings (SSSR count). The van der Waals surface area contributed by atoms with Crippen LogP contribution in [-0.2, 0) is 14.3 Å².